The number of benzene rings is 8. The summed E-state index contributed by atoms with van der Waals surface area (Å²) in [6, 6.07) is 69.0. The maximum atomic E-state index is 13.0. The molecule has 0 spiro atoms. The van der Waals surface area contributed by atoms with Crippen molar-refractivity contribution in [2.75, 3.05) is 14.2 Å². The van der Waals surface area contributed by atoms with Gasteiger partial charge >= 0.3 is 77.9 Å². The summed E-state index contributed by atoms with van der Waals surface area (Å²) < 4.78 is 135. The SMILES string of the molecule is COC(=O)c1ccccc1[S+](c1ccc(Oc2ccc([S+](c3ccc(-c4ccccc4)cc3)c3ccccc3C(=O)OC)cc2)cc1)c1ccc(-c2ccccc2)cc1.F[P-](F)(F)(F)(F)F.F[P-](F)(F)(F)(F)F. The molecule has 21 heteroatoms. The standard InChI is InChI=1S/C52H40O5S2.2F6P/c1-55-51(53)47-17-9-11-19-49(47)58(43-29-21-39(22-30-43)37-13-5-3-6-14-37)45-33-25-41(26-34-45)57-42-27-35-46(36-28-42)59(50-20-12-10-18-48(50)52(54)56-2)44-31-23-40(24-32-44)38-15-7-4-8-16-38;2*1-7(2,3,4,5)6/h3-36H,1-2H3;;/q+2;2*-1. The summed E-state index contributed by atoms with van der Waals surface area (Å²) in [6.07, 6.45) is 0. The van der Waals surface area contributed by atoms with Gasteiger partial charge in [0.15, 0.2) is 29.4 Å². The van der Waals surface area contributed by atoms with Gasteiger partial charge < -0.3 is 14.2 Å². The first kappa shape index (κ1) is 55.5. The molecule has 0 fully saturated rings. The van der Waals surface area contributed by atoms with Crippen LogP contribution in [0.1, 0.15) is 20.7 Å². The van der Waals surface area contributed by atoms with Gasteiger partial charge in [-0.3, -0.25) is 0 Å². The van der Waals surface area contributed by atoms with E-state index < -0.39 is 37.4 Å². The zero-order valence-electron chi connectivity index (χ0n) is 37.9. The van der Waals surface area contributed by atoms with E-state index in [0.29, 0.717) is 22.6 Å². The zero-order valence-corrected chi connectivity index (χ0v) is 41.3. The average Bonchev–Trinajstić information content (AvgIpc) is 3.34. The van der Waals surface area contributed by atoms with Crippen LogP contribution in [0.5, 0.6) is 11.5 Å². The van der Waals surface area contributed by atoms with E-state index in [-0.39, 0.29) is 11.9 Å². The quantitative estimate of drug-likeness (QED) is 0.0528. The molecule has 0 bridgehead atoms. The Morgan fingerprint density at radius 2 is 0.562 bits per heavy atom. The fraction of sp³-hybridized carbons (Fsp3) is 0.0385. The van der Waals surface area contributed by atoms with Crippen LogP contribution in [0.25, 0.3) is 22.3 Å². The second-order valence-corrected chi connectivity index (χ2v) is 23.2. The van der Waals surface area contributed by atoms with Crippen LogP contribution in [0, 0.1) is 0 Å². The van der Waals surface area contributed by atoms with Crippen molar-refractivity contribution >= 4 is 49.3 Å². The molecule has 8 rings (SSSR count). The van der Waals surface area contributed by atoms with Crippen LogP contribution in [0.15, 0.2) is 236 Å². The number of carbonyl (C=O) groups excluding carboxylic acids is 2. The number of carbonyl (C=O) groups is 2. The van der Waals surface area contributed by atoms with Gasteiger partial charge in [0.05, 0.1) is 14.2 Å². The van der Waals surface area contributed by atoms with Gasteiger partial charge in [-0.15, -0.1) is 0 Å². The first-order valence-electron chi connectivity index (χ1n) is 21.1. The van der Waals surface area contributed by atoms with Crippen molar-refractivity contribution in [2.45, 2.75) is 29.4 Å². The Morgan fingerprint density at radius 3 is 0.836 bits per heavy atom. The number of methoxy groups -OCH3 is 2. The number of rotatable bonds is 12. The molecule has 2 atom stereocenters. The molecule has 0 amide bonds. The number of ether oxygens (including phenoxy) is 3. The first-order valence-corrected chi connectivity index (χ1v) is 27.6. The molecular weight excluding hydrogens is 1060 g/mol. The van der Waals surface area contributed by atoms with Crippen molar-refractivity contribution in [3.05, 3.63) is 217 Å². The minimum atomic E-state index is -10.7. The average molecular weight is 1100 g/mol. The fourth-order valence-corrected chi connectivity index (χ4v) is 11.2. The Labute approximate surface area is 416 Å². The van der Waals surface area contributed by atoms with Gasteiger partial charge in [-0.05, 0) is 144 Å². The number of esters is 2. The van der Waals surface area contributed by atoms with Gasteiger partial charge in [0.1, 0.15) is 44.4 Å². The minimum absolute atomic E-state index is 0.372. The molecule has 2 unspecified atom stereocenters. The molecule has 8 aromatic rings. The Hall–Kier alpha value is -6.78. The van der Waals surface area contributed by atoms with E-state index in [0.717, 1.165) is 51.6 Å². The number of halogens is 12. The topological polar surface area (TPSA) is 61.8 Å². The summed E-state index contributed by atoms with van der Waals surface area (Å²) in [4.78, 5) is 32.0. The maximum absolute atomic E-state index is 13.0. The van der Waals surface area contributed by atoms with Crippen molar-refractivity contribution in [3.8, 4) is 33.8 Å². The molecule has 0 saturated carbocycles. The Kier molecular flexibility index (Phi) is 15.7. The van der Waals surface area contributed by atoms with Crippen LogP contribution >= 0.6 is 15.6 Å². The molecule has 0 heterocycles. The van der Waals surface area contributed by atoms with Gasteiger partial charge in [0.2, 0.25) is 0 Å². The molecule has 8 aromatic carbocycles. The van der Waals surface area contributed by atoms with E-state index in [2.05, 4.69) is 97.1 Å². The van der Waals surface area contributed by atoms with Crippen molar-refractivity contribution in [1.29, 1.82) is 0 Å². The normalized spacial score (nSPS) is 14.1. The Bertz CT molecular complexity index is 2940. The van der Waals surface area contributed by atoms with Crippen LogP contribution < -0.4 is 4.74 Å². The summed E-state index contributed by atoms with van der Waals surface area (Å²) in [6.45, 7) is 0. The van der Waals surface area contributed by atoms with E-state index in [1.54, 1.807) is 0 Å². The third kappa shape index (κ3) is 18.3. The van der Waals surface area contributed by atoms with Crippen molar-refractivity contribution < 1.29 is 74.2 Å². The van der Waals surface area contributed by atoms with Crippen LogP contribution in [0.4, 0.5) is 50.4 Å². The van der Waals surface area contributed by atoms with Crippen LogP contribution in [0.3, 0.4) is 0 Å². The molecule has 384 valence electrons. The van der Waals surface area contributed by atoms with E-state index in [1.165, 1.54) is 14.2 Å². The molecule has 0 aliphatic heterocycles. The molecule has 0 aliphatic rings. The molecule has 0 aliphatic carbocycles. The van der Waals surface area contributed by atoms with Gasteiger partial charge in [0.25, 0.3) is 0 Å². The molecule has 0 saturated heterocycles. The molecule has 0 N–H and O–H groups in total. The molecular formula is C52H40F12O5P2S2. The summed E-state index contributed by atoms with van der Waals surface area (Å²) in [7, 11) is -19.7. The molecule has 73 heavy (non-hydrogen) atoms. The predicted molar refractivity (Wildman–Crippen MR) is 264 cm³/mol. The van der Waals surface area contributed by atoms with E-state index >= 15 is 0 Å². The third-order valence-corrected chi connectivity index (χ3v) is 14.3. The summed E-state index contributed by atoms with van der Waals surface area (Å²) in [5, 5.41) is 0. The summed E-state index contributed by atoms with van der Waals surface area (Å²) in [5.74, 6) is 0.612. The second-order valence-electron chi connectivity index (χ2n) is 15.3. The molecule has 5 nitrogen and oxygen atoms in total. The summed E-state index contributed by atoms with van der Waals surface area (Å²) in [5.41, 5.74) is 5.59. The fourth-order valence-electron chi connectivity index (χ4n) is 6.88. The predicted octanol–water partition coefficient (Wildman–Crippen LogP) is 19.3. The van der Waals surface area contributed by atoms with Gasteiger partial charge in [-0.2, -0.15) is 0 Å². The molecule has 0 aromatic heterocycles. The third-order valence-electron chi connectivity index (χ3n) is 9.77. The van der Waals surface area contributed by atoms with Gasteiger partial charge in [-0.25, -0.2) is 9.59 Å². The van der Waals surface area contributed by atoms with Crippen LogP contribution in [-0.2, 0) is 31.3 Å². The van der Waals surface area contributed by atoms with Crippen molar-refractivity contribution in [2.24, 2.45) is 0 Å². The Morgan fingerprint density at radius 1 is 0.329 bits per heavy atom. The Balaban J connectivity index is 0.000000546. The van der Waals surface area contributed by atoms with E-state index in [1.807, 2.05) is 109 Å². The van der Waals surface area contributed by atoms with Crippen LogP contribution in [0.2, 0.25) is 0 Å². The van der Waals surface area contributed by atoms with E-state index in [4.69, 9.17) is 14.2 Å². The number of hydrogen-bond acceptors (Lipinski definition) is 5. The first-order chi connectivity index (χ1) is 33.9. The number of hydrogen-bond donors (Lipinski definition) is 0. The zero-order chi connectivity index (χ0) is 53.4. The van der Waals surface area contributed by atoms with Crippen LogP contribution in [-0.4, -0.2) is 26.2 Å². The van der Waals surface area contributed by atoms with E-state index in [9.17, 15) is 60.0 Å². The second kappa shape index (κ2) is 20.6. The van der Waals surface area contributed by atoms with Gasteiger partial charge in [0, 0.05) is 0 Å². The monoisotopic (exact) mass is 1100 g/mol. The van der Waals surface area contributed by atoms with Gasteiger partial charge in [-0.1, -0.05) is 84.9 Å². The summed E-state index contributed by atoms with van der Waals surface area (Å²) >= 11 is 0. The molecule has 0 radical (unpaired) electrons. The van der Waals surface area contributed by atoms with Crippen molar-refractivity contribution in [3.63, 3.8) is 0 Å². The van der Waals surface area contributed by atoms with Crippen molar-refractivity contribution in [1.82, 2.24) is 0 Å².